The molecule has 0 aliphatic carbocycles. The maximum Gasteiger partial charge on any atom is 0.308 e. The maximum atomic E-state index is 12.4. The first-order chi connectivity index (χ1) is 7.84. The van der Waals surface area contributed by atoms with Crippen molar-refractivity contribution in [2.75, 3.05) is 5.73 Å². The highest BCUT2D eigenvalue weighted by Crippen LogP contribution is 2.33. The molecule has 1 heterocycles. The number of aliphatic carboxylic acids is 1. The molecule has 0 atom stereocenters. The van der Waals surface area contributed by atoms with Crippen molar-refractivity contribution >= 4 is 17.3 Å². The summed E-state index contributed by atoms with van der Waals surface area (Å²) in [6, 6.07) is 0. The molecule has 1 aromatic heterocycles. The maximum absolute atomic E-state index is 12.4. The minimum atomic E-state index is -3.06. The number of anilines is 1. The molecule has 3 N–H and O–H groups in total. The second-order valence-electron chi connectivity index (χ2n) is 3.06. The van der Waals surface area contributed by atoms with Gasteiger partial charge in [0.15, 0.2) is 0 Å². The molecule has 0 spiro atoms. The third kappa shape index (κ3) is 2.62. The fourth-order valence-corrected chi connectivity index (χ4v) is 1.25. The van der Waals surface area contributed by atoms with Gasteiger partial charge in [-0.2, -0.15) is 0 Å². The lowest BCUT2D eigenvalue weighted by Gasteiger charge is -2.07. The van der Waals surface area contributed by atoms with Gasteiger partial charge in [-0.3, -0.25) is 19.9 Å². The Morgan fingerprint density at radius 1 is 1.65 bits per heavy atom. The quantitative estimate of drug-likeness (QED) is 0.608. The first-order valence-corrected chi connectivity index (χ1v) is 4.26. The van der Waals surface area contributed by atoms with Crippen molar-refractivity contribution in [2.45, 2.75) is 12.8 Å². The lowest BCUT2D eigenvalue weighted by atomic mass is 10.1. The number of carbonyl (C=O) groups is 1. The number of carboxylic acid groups (broad SMARTS) is 1. The van der Waals surface area contributed by atoms with Crippen LogP contribution in [0.5, 0.6) is 0 Å². The molecule has 92 valence electrons. The van der Waals surface area contributed by atoms with Crippen LogP contribution in [0.4, 0.5) is 20.2 Å². The Balaban J connectivity index is 3.39. The van der Waals surface area contributed by atoms with E-state index in [-0.39, 0.29) is 5.56 Å². The van der Waals surface area contributed by atoms with Crippen LogP contribution < -0.4 is 5.73 Å². The number of nitrogens with zero attached hydrogens (tertiary/aromatic N) is 2. The Kier molecular flexibility index (Phi) is 3.51. The monoisotopic (exact) mass is 247 g/mol. The molecule has 0 aliphatic heterocycles. The Hall–Kier alpha value is -2.32. The third-order valence-corrected chi connectivity index (χ3v) is 1.93. The summed E-state index contributed by atoms with van der Waals surface area (Å²) in [5.74, 6) is -1.35. The second-order valence-corrected chi connectivity index (χ2v) is 3.06. The zero-order chi connectivity index (χ0) is 13.2. The van der Waals surface area contributed by atoms with E-state index >= 15 is 0 Å². The summed E-state index contributed by atoms with van der Waals surface area (Å²) < 4.78 is 24.8. The number of rotatable bonds is 4. The Bertz CT molecular complexity index is 478. The molecule has 1 rings (SSSR count). The Morgan fingerprint density at radius 2 is 2.24 bits per heavy atom. The molecule has 0 fully saturated rings. The van der Waals surface area contributed by atoms with Crippen LogP contribution in [0.1, 0.15) is 17.7 Å². The number of alkyl halides is 2. The number of nitro groups is 1. The van der Waals surface area contributed by atoms with Crippen molar-refractivity contribution < 1.29 is 23.6 Å². The lowest BCUT2D eigenvalue weighted by Crippen LogP contribution is -2.10. The van der Waals surface area contributed by atoms with Crippen LogP contribution in [0.15, 0.2) is 6.20 Å². The number of nitrogens with two attached hydrogens (primary N) is 1. The van der Waals surface area contributed by atoms with E-state index in [1.165, 1.54) is 0 Å². The average molecular weight is 247 g/mol. The van der Waals surface area contributed by atoms with Gasteiger partial charge >= 0.3 is 5.97 Å². The topological polar surface area (TPSA) is 119 Å². The van der Waals surface area contributed by atoms with Crippen molar-refractivity contribution in [1.29, 1.82) is 0 Å². The van der Waals surface area contributed by atoms with Gasteiger partial charge in [-0.25, -0.2) is 8.78 Å². The van der Waals surface area contributed by atoms with E-state index in [0.29, 0.717) is 0 Å². The van der Waals surface area contributed by atoms with Gasteiger partial charge in [-0.1, -0.05) is 0 Å². The van der Waals surface area contributed by atoms with E-state index in [1.807, 2.05) is 0 Å². The molecule has 0 aromatic carbocycles. The summed E-state index contributed by atoms with van der Waals surface area (Å²) in [5.41, 5.74) is 2.31. The number of hydrogen-bond acceptors (Lipinski definition) is 5. The number of pyridine rings is 1. The molecule has 17 heavy (non-hydrogen) atoms. The average Bonchev–Trinajstić information content (AvgIpc) is 2.15. The van der Waals surface area contributed by atoms with Gasteiger partial charge in [0, 0.05) is 6.20 Å². The van der Waals surface area contributed by atoms with Crippen LogP contribution in [0.25, 0.3) is 0 Å². The highest BCUT2D eigenvalue weighted by molar-refractivity contribution is 5.75. The fraction of sp³-hybridized carbons (Fsp3) is 0.250. The Morgan fingerprint density at radius 3 is 2.65 bits per heavy atom. The van der Waals surface area contributed by atoms with E-state index < -0.39 is 40.8 Å². The molecule has 0 unspecified atom stereocenters. The highest BCUT2D eigenvalue weighted by atomic mass is 19.3. The van der Waals surface area contributed by atoms with Crippen LogP contribution >= 0.6 is 0 Å². The number of nitrogen functional groups attached to an aromatic ring is 1. The SMILES string of the molecule is Nc1c(C(F)F)ncc(CC(=O)O)c1[N+](=O)[O-]. The van der Waals surface area contributed by atoms with E-state index in [9.17, 15) is 23.7 Å². The van der Waals surface area contributed by atoms with E-state index in [2.05, 4.69) is 4.98 Å². The Labute approximate surface area is 93.0 Å². The van der Waals surface area contributed by atoms with Gasteiger partial charge in [-0.05, 0) is 0 Å². The number of halogens is 2. The molecule has 0 amide bonds. The molecule has 7 nitrogen and oxygen atoms in total. The molecule has 0 saturated carbocycles. The van der Waals surface area contributed by atoms with E-state index in [0.717, 1.165) is 6.20 Å². The van der Waals surface area contributed by atoms with Crippen molar-refractivity contribution in [3.63, 3.8) is 0 Å². The smallest absolute Gasteiger partial charge is 0.308 e. The molecular weight excluding hydrogens is 240 g/mol. The molecule has 1 aromatic rings. The zero-order valence-corrected chi connectivity index (χ0v) is 8.26. The molecule has 0 aliphatic rings. The van der Waals surface area contributed by atoms with Crippen molar-refractivity contribution in [1.82, 2.24) is 4.98 Å². The minimum Gasteiger partial charge on any atom is -0.481 e. The van der Waals surface area contributed by atoms with Crippen LogP contribution in [-0.2, 0) is 11.2 Å². The highest BCUT2D eigenvalue weighted by Gasteiger charge is 2.27. The van der Waals surface area contributed by atoms with Gasteiger partial charge in [-0.15, -0.1) is 0 Å². The number of aromatic nitrogens is 1. The van der Waals surface area contributed by atoms with E-state index in [1.54, 1.807) is 0 Å². The fourth-order valence-electron chi connectivity index (χ4n) is 1.25. The summed E-state index contributed by atoms with van der Waals surface area (Å²) in [7, 11) is 0. The van der Waals surface area contributed by atoms with Gasteiger partial charge in [0.1, 0.15) is 11.4 Å². The lowest BCUT2D eigenvalue weighted by molar-refractivity contribution is -0.384. The van der Waals surface area contributed by atoms with E-state index in [4.69, 9.17) is 10.8 Å². The predicted molar refractivity (Wildman–Crippen MR) is 51.6 cm³/mol. The minimum absolute atomic E-state index is 0.315. The summed E-state index contributed by atoms with van der Waals surface area (Å²) in [5, 5.41) is 19.2. The van der Waals surface area contributed by atoms with Crippen molar-refractivity contribution in [2.24, 2.45) is 0 Å². The molecule has 0 saturated heterocycles. The van der Waals surface area contributed by atoms with Crippen molar-refractivity contribution in [3.05, 3.63) is 27.6 Å². The summed E-state index contributed by atoms with van der Waals surface area (Å²) >= 11 is 0. The number of carboxylic acids is 1. The van der Waals surface area contributed by atoms with Gasteiger partial charge in [0.25, 0.3) is 12.1 Å². The first-order valence-electron chi connectivity index (χ1n) is 4.26. The zero-order valence-electron chi connectivity index (χ0n) is 8.26. The number of hydrogen-bond donors (Lipinski definition) is 2. The summed E-state index contributed by atoms with van der Waals surface area (Å²) in [6.45, 7) is 0. The van der Waals surface area contributed by atoms with Crippen LogP contribution in [0.3, 0.4) is 0 Å². The van der Waals surface area contributed by atoms with Crippen molar-refractivity contribution in [3.8, 4) is 0 Å². The van der Waals surface area contributed by atoms with Gasteiger partial charge in [0.2, 0.25) is 0 Å². The predicted octanol–water partition coefficient (Wildman–Crippen LogP) is 1.14. The molecular formula is C8H7F2N3O4. The van der Waals surface area contributed by atoms with Crippen LogP contribution in [0, 0.1) is 10.1 Å². The summed E-state index contributed by atoms with van der Waals surface area (Å²) in [6.07, 6.45) is -3.05. The largest absolute Gasteiger partial charge is 0.481 e. The summed E-state index contributed by atoms with van der Waals surface area (Å²) in [4.78, 5) is 23.3. The van der Waals surface area contributed by atoms with Gasteiger partial charge in [0.05, 0.1) is 16.9 Å². The second kappa shape index (κ2) is 4.68. The first kappa shape index (κ1) is 12.7. The van der Waals surface area contributed by atoms with Gasteiger partial charge < -0.3 is 10.8 Å². The molecule has 9 heteroatoms. The normalized spacial score (nSPS) is 10.5. The molecule has 0 radical (unpaired) electrons. The van der Waals surface area contributed by atoms with Crippen LogP contribution in [-0.4, -0.2) is 21.0 Å². The molecule has 0 bridgehead atoms. The third-order valence-electron chi connectivity index (χ3n) is 1.93. The van der Waals surface area contributed by atoms with Crippen LogP contribution in [0.2, 0.25) is 0 Å². The standard InChI is InChI=1S/C8H7F2N3O4/c9-8(10)6-5(11)7(13(16)17)3(2-12-6)1-4(14)15/h2,8H,1,11H2,(H,14,15).